The number of nitrogens with zero attached hydrogens (tertiary/aromatic N) is 1. The molecule has 0 heterocycles. The van der Waals surface area contributed by atoms with Crippen molar-refractivity contribution in [1.29, 1.82) is 0 Å². The average molecular weight is 270 g/mol. The number of carboxylic acids is 1. The van der Waals surface area contributed by atoms with Gasteiger partial charge in [-0.1, -0.05) is 20.3 Å². The zero-order valence-electron chi connectivity index (χ0n) is 12.9. The molecule has 0 aromatic carbocycles. The third kappa shape index (κ3) is 5.91. The molecular weight excluding hydrogens is 240 g/mol. The molecule has 0 aromatic rings. The molecule has 4 nitrogen and oxygen atoms in total. The van der Waals surface area contributed by atoms with Gasteiger partial charge in [-0.15, -0.1) is 0 Å². The van der Waals surface area contributed by atoms with Crippen molar-refractivity contribution in [3.05, 3.63) is 0 Å². The van der Waals surface area contributed by atoms with Crippen LogP contribution in [0.5, 0.6) is 0 Å². The van der Waals surface area contributed by atoms with Gasteiger partial charge in [-0.3, -0.25) is 4.79 Å². The number of carbonyl (C=O) groups is 1. The van der Waals surface area contributed by atoms with Crippen molar-refractivity contribution in [2.45, 2.75) is 58.0 Å². The van der Waals surface area contributed by atoms with Crippen molar-refractivity contribution < 1.29 is 9.90 Å². The highest BCUT2D eigenvalue weighted by molar-refractivity contribution is 5.70. The summed E-state index contributed by atoms with van der Waals surface area (Å²) in [5.74, 6) is -0.0840. The van der Waals surface area contributed by atoms with E-state index in [-0.39, 0.29) is 5.92 Å². The van der Waals surface area contributed by atoms with Crippen molar-refractivity contribution in [2.24, 2.45) is 11.8 Å². The smallest absolute Gasteiger partial charge is 0.306 e. The summed E-state index contributed by atoms with van der Waals surface area (Å²) in [7, 11) is 4.24. The summed E-state index contributed by atoms with van der Waals surface area (Å²) in [6.07, 6.45) is 4.96. The Morgan fingerprint density at radius 3 is 2.58 bits per heavy atom. The molecule has 112 valence electrons. The van der Waals surface area contributed by atoms with E-state index in [1.54, 1.807) is 0 Å². The van der Waals surface area contributed by atoms with E-state index in [1.807, 2.05) is 0 Å². The molecule has 0 bridgehead atoms. The van der Waals surface area contributed by atoms with E-state index in [9.17, 15) is 4.79 Å². The molecule has 0 aromatic heterocycles. The van der Waals surface area contributed by atoms with Gasteiger partial charge in [0.05, 0.1) is 5.92 Å². The fraction of sp³-hybridized carbons (Fsp3) is 0.933. The summed E-state index contributed by atoms with van der Waals surface area (Å²) in [5.41, 5.74) is 0. The lowest BCUT2D eigenvalue weighted by atomic mass is 9.85. The third-order valence-electron chi connectivity index (χ3n) is 4.14. The first-order valence-corrected chi connectivity index (χ1v) is 7.52. The molecule has 1 aliphatic rings. The minimum atomic E-state index is -0.627. The van der Waals surface area contributed by atoms with Gasteiger partial charge < -0.3 is 15.3 Å². The lowest BCUT2D eigenvalue weighted by Crippen LogP contribution is -2.44. The Morgan fingerprint density at radius 2 is 2.05 bits per heavy atom. The van der Waals surface area contributed by atoms with Gasteiger partial charge in [0.1, 0.15) is 0 Å². The molecule has 4 heteroatoms. The second kappa shape index (κ2) is 7.85. The van der Waals surface area contributed by atoms with Gasteiger partial charge in [0, 0.05) is 18.6 Å². The number of aliphatic carboxylic acids is 1. The molecule has 1 saturated carbocycles. The van der Waals surface area contributed by atoms with E-state index in [0.717, 1.165) is 32.2 Å². The summed E-state index contributed by atoms with van der Waals surface area (Å²) in [4.78, 5) is 13.3. The first-order valence-electron chi connectivity index (χ1n) is 7.52. The minimum absolute atomic E-state index is 0.144. The van der Waals surface area contributed by atoms with E-state index < -0.39 is 5.97 Å². The Balaban J connectivity index is 2.39. The molecule has 0 aliphatic heterocycles. The third-order valence-corrected chi connectivity index (χ3v) is 4.14. The van der Waals surface area contributed by atoms with Crippen molar-refractivity contribution in [1.82, 2.24) is 10.2 Å². The van der Waals surface area contributed by atoms with Gasteiger partial charge in [-0.25, -0.2) is 0 Å². The second-order valence-corrected chi connectivity index (χ2v) is 6.55. The maximum Gasteiger partial charge on any atom is 0.306 e. The Morgan fingerprint density at radius 1 is 1.37 bits per heavy atom. The van der Waals surface area contributed by atoms with Gasteiger partial charge >= 0.3 is 5.97 Å². The molecule has 19 heavy (non-hydrogen) atoms. The average Bonchev–Trinajstić information content (AvgIpc) is 2.34. The Labute approximate surface area is 117 Å². The lowest BCUT2D eigenvalue weighted by Gasteiger charge is -2.32. The molecule has 1 rings (SSSR count). The predicted molar refractivity (Wildman–Crippen MR) is 78.3 cm³/mol. The molecule has 0 spiro atoms. The van der Waals surface area contributed by atoms with E-state index in [0.29, 0.717) is 18.0 Å². The van der Waals surface area contributed by atoms with Crippen molar-refractivity contribution in [2.75, 3.05) is 20.6 Å². The SMILES string of the molecule is CC(C)CC(CNC1CCCC(C(=O)O)C1)N(C)C. The first-order chi connectivity index (χ1) is 8.90. The maximum atomic E-state index is 11.1. The van der Waals surface area contributed by atoms with Crippen LogP contribution in [0, 0.1) is 11.8 Å². The van der Waals surface area contributed by atoms with Crippen LogP contribution >= 0.6 is 0 Å². The molecule has 1 fully saturated rings. The number of likely N-dealkylation sites (N-methyl/N-ethyl adjacent to an activating group) is 1. The van der Waals surface area contributed by atoms with Crippen LogP contribution < -0.4 is 5.32 Å². The number of hydrogen-bond donors (Lipinski definition) is 2. The molecule has 2 N–H and O–H groups in total. The number of hydrogen-bond acceptors (Lipinski definition) is 3. The number of rotatable bonds is 7. The van der Waals surface area contributed by atoms with Crippen molar-refractivity contribution in [3.8, 4) is 0 Å². The van der Waals surface area contributed by atoms with Gasteiger partial charge in [0.15, 0.2) is 0 Å². The van der Waals surface area contributed by atoms with Crippen LogP contribution in [0.3, 0.4) is 0 Å². The van der Waals surface area contributed by atoms with E-state index >= 15 is 0 Å². The Bertz CT molecular complexity index is 279. The Hall–Kier alpha value is -0.610. The van der Waals surface area contributed by atoms with Crippen LogP contribution in [-0.2, 0) is 4.79 Å². The highest BCUT2D eigenvalue weighted by Crippen LogP contribution is 2.24. The summed E-state index contributed by atoms with van der Waals surface area (Å²) >= 11 is 0. The fourth-order valence-corrected chi connectivity index (χ4v) is 2.92. The summed E-state index contributed by atoms with van der Waals surface area (Å²) in [5, 5.41) is 12.7. The molecule has 1 aliphatic carbocycles. The largest absolute Gasteiger partial charge is 0.481 e. The molecule has 3 atom stereocenters. The highest BCUT2D eigenvalue weighted by atomic mass is 16.4. The van der Waals surface area contributed by atoms with Gasteiger partial charge in [0.25, 0.3) is 0 Å². The molecule has 3 unspecified atom stereocenters. The number of nitrogens with one attached hydrogen (secondary N) is 1. The van der Waals surface area contributed by atoms with Crippen LogP contribution in [0.4, 0.5) is 0 Å². The van der Waals surface area contributed by atoms with Gasteiger partial charge in [-0.05, 0) is 45.7 Å². The van der Waals surface area contributed by atoms with Crippen LogP contribution in [0.25, 0.3) is 0 Å². The Kier molecular flexibility index (Phi) is 6.80. The van der Waals surface area contributed by atoms with Gasteiger partial charge in [-0.2, -0.15) is 0 Å². The maximum absolute atomic E-state index is 11.1. The van der Waals surface area contributed by atoms with Crippen LogP contribution in [0.2, 0.25) is 0 Å². The standard InChI is InChI=1S/C15H30N2O2/c1-11(2)8-14(17(3)4)10-16-13-7-5-6-12(9-13)15(18)19/h11-14,16H,5-10H2,1-4H3,(H,18,19). The van der Waals surface area contributed by atoms with Crippen molar-refractivity contribution >= 4 is 5.97 Å². The van der Waals surface area contributed by atoms with Crippen molar-refractivity contribution in [3.63, 3.8) is 0 Å². The van der Waals surface area contributed by atoms with Gasteiger partial charge in [0.2, 0.25) is 0 Å². The second-order valence-electron chi connectivity index (χ2n) is 6.55. The van der Waals surface area contributed by atoms with Crippen LogP contribution in [0.1, 0.15) is 46.0 Å². The zero-order valence-corrected chi connectivity index (χ0v) is 12.9. The molecule has 0 radical (unpaired) electrons. The highest BCUT2D eigenvalue weighted by Gasteiger charge is 2.27. The van der Waals surface area contributed by atoms with E-state index in [2.05, 4.69) is 38.2 Å². The lowest BCUT2D eigenvalue weighted by molar-refractivity contribution is -0.143. The summed E-state index contributed by atoms with van der Waals surface area (Å²) < 4.78 is 0. The summed E-state index contributed by atoms with van der Waals surface area (Å²) in [6, 6.07) is 0.912. The first kappa shape index (κ1) is 16.4. The number of carboxylic acid groups (broad SMARTS) is 1. The summed E-state index contributed by atoms with van der Waals surface area (Å²) in [6.45, 7) is 5.46. The zero-order chi connectivity index (χ0) is 14.4. The van der Waals surface area contributed by atoms with Crippen LogP contribution in [0.15, 0.2) is 0 Å². The quantitative estimate of drug-likeness (QED) is 0.744. The fourth-order valence-electron chi connectivity index (χ4n) is 2.92. The minimum Gasteiger partial charge on any atom is -0.481 e. The molecule has 0 saturated heterocycles. The van der Waals surface area contributed by atoms with E-state index in [1.165, 1.54) is 6.42 Å². The monoisotopic (exact) mass is 270 g/mol. The predicted octanol–water partition coefficient (Wildman–Crippen LogP) is 2.20. The topological polar surface area (TPSA) is 52.6 Å². The molecule has 0 amide bonds. The van der Waals surface area contributed by atoms with Crippen LogP contribution in [-0.4, -0.2) is 48.7 Å². The van der Waals surface area contributed by atoms with E-state index in [4.69, 9.17) is 5.11 Å². The normalized spacial score (nSPS) is 25.8. The molecular formula is C15H30N2O2.